The van der Waals surface area contributed by atoms with Crippen LogP contribution in [0.5, 0.6) is 0 Å². The first-order valence-corrected chi connectivity index (χ1v) is 6.85. The summed E-state index contributed by atoms with van der Waals surface area (Å²) in [4.78, 5) is 23.2. The summed E-state index contributed by atoms with van der Waals surface area (Å²) in [6.45, 7) is 1.59. The third kappa shape index (κ3) is 2.29. The Balaban J connectivity index is 2.00. The molecule has 0 aromatic heterocycles. The number of carboxylic acids is 1. The number of hydrogen-bond acceptors (Lipinski definition) is 3. The minimum absolute atomic E-state index is 0.322. The normalized spacial score (nSPS) is 20.4. The topological polar surface area (TPSA) is 63.6 Å². The molecule has 0 bridgehead atoms. The predicted molar refractivity (Wildman–Crippen MR) is 81.0 cm³/mol. The molecular formula is C18H14O4. The molecule has 0 spiro atoms. The Hall–Kier alpha value is -2.88. The molecule has 1 atom stereocenters. The Morgan fingerprint density at radius 2 is 1.73 bits per heavy atom. The van der Waals surface area contributed by atoms with Gasteiger partial charge in [-0.3, -0.25) is 4.79 Å². The van der Waals surface area contributed by atoms with Gasteiger partial charge < -0.3 is 9.84 Å². The molecule has 2 aromatic rings. The summed E-state index contributed by atoms with van der Waals surface area (Å²) in [7, 11) is 0. The van der Waals surface area contributed by atoms with Crippen molar-refractivity contribution in [3.05, 3.63) is 72.0 Å². The number of rotatable bonds is 3. The first-order chi connectivity index (χ1) is 10.5. The van der Waals surface area contributed by atoms with Crippen LogP contribution in [0.25, 0.3) is 11.1 Å². The number of carboxylic acid groups (broad SMARTS) is 1. The first-order valence-electron chi connectivity index (χ1n) is 6.85. The van der Waals surface area contributed by atoms with Crippen LogP contribution in [0.2, 0.25) is 0 Å². The molecule has 22 heavy (non-hydrogen) atoms. The lowest BCUT2D eigenvalue weighted by atomic mass is 9.90. The van der Waals surface area contributed by atoms with Crippen LogP contribution in [-0.4, -0.2) is 16.9 Å². The van der Waals surface area contributed by atoms with Crippen LogP contribution >= 0.6 is 0 Å². The number of aliphatic carboxylic acids is 1. The molecule has 0 amide bonds. The van der Waals surface area contributed by atoms with Gasteiger partial charge in [0.25, 0.3) is 0 Å². The Kier molecular flexibility index (Phi) is 3.29. The molecule has 1 unspecified atom stereocenters. The minimum Gasteiger partial charge on any atom is -0.475 e. The van der Waals surface area contributed by atoms with Crippen LogP contribution in [-0.2, 0) is 19.9 Å². The largest absolute Gasteiger partial charge is 0.475 e. The molecule has 0 saturated heterocycles. The van der Waals surface area contributed by atoms with Crippen molar-refractivity contribution < 1.29 is 19.4 Å². The lowest BCUT2D eigenvalue weighted by molar-refractivity contribution is -0.141. The van der Waals surface area contributed by atoms with Gasteiger partial charge >= 0.3 is 5.97 Å². The van der Waals surface area contributed by atoms with Crippen molar-refractivity contribution in [2.24, 2.45) is 0 Å². The second-order valence-electron chi connectivity index (χ2n) is 5.26. The van der Waals surface area contributed by atoms with Crippen molar-refractivity contribution in [2.75, 3.05) is 0 Å². The summed E-state index contributed by atoms with van der Waals surface area (Å²) in [5.74, 6) is -1.93. The number of hydrogen-bond donors (Lipinski definition) is 1. The molecule has 0 fully saturated rings. The molecule has 3 rings (SSSR count). The van der Waals surface area contributed by atoms with E-state index in [9.17, 15) is 9.59 Å². The van der Waals surface area contributed by atoms with Gasteiger partial charge in [-0.15, -0.1) is 0 Å². The quantitative estimate of drug-likeness (QED) is 0.944. The summed E-state index contributed by atoms with van der Waals surface area (Å²) < 4.78 is 5.41. The van der Waals surface area contributed by atoms with Crippen molar-refractivity contribution >= 4 is 11.8 Å². The minimum atomic E-state index is -1.29. The SMILES string of the molecule is CC1(c2cccc(-c3ccccc3)c2)OC(C(=O)O)=CC1=O. The molecule has 1 N–H and O–H groups in total. The standard InChI is InChI=1S/C18H14O4/c1-18(16(19)11-15(22-18)17(20)21)14-9-5-8-13(10-14)12-6-3-2-4-7-12/h2-11H,1H3,(H,20,21). The van der Waals surface area contributed by atoms with Gasteiger partial charge in [0.2, 0.25) is 11.5 Å². The summed E-state index contributed by atoms with van der Waals surface area (Å²) in [5.41, 5.74) is 1.30. The van der Waals surface area contributed by atoms with Gasteiger partial charge in [-0.2, -0.15) is 0 Å². The van der Waals surface area contributed by atoms with Crippen molar-refractivity contribution in [1.82, 2.24) is 0 Å². The fraction of sp³-hybridized carbons (Fsp3) is 0.111. The van der Waals surface area contributed by atoms with E-state index in [2.05, 4.69) is 0 Å². The number of carbonyl (C=O) groups is 2. The first kappa shape index (κ1) is 14.1. The van der Waals surface area contributed by atoms with Crippen LogP contribution in [0.3, 0.4) is 0 Å². The van der Waals surface area contributed by atoms with Gasteiger partial charge in [-0.05, 0) is 24.1 Å². The maximum absolute atomic E-state index is 12.2. The van der Waals surface area contributed by atoms with Crippen LogP contribution in [0.1, 0.15) is 12.5 Å². The second kappa shape index (κ2) is 5.15. The zero-order chi connectivity index (χ0) is 15.7. The highest BCUT2D eigenvalue weighted by atomic mass is 16.5. The summed E-state index contributed by atoms with van der Waals surface area (Å²) >= 11 is 0. The molecule has 0 saturated carbocycles. The summed E-state index contributed by atoms with van der Waals surface area (Å²) in [6.07, 6.45) is 1.04. The summed E-state index contributed by atoms with van der Waals surface area (Å²) in [5, 5.41) is 9.00. The van der Waals surface area contributed by atoms with E-state index in [4.69, 9.17) is 9.84 Å². The fourth-order valence-corrected chi connectivity index (χ4v) is 2.49. The lowest BCUT2D eigenvalue weighted by Gasteiger charge is -2.24. The number of ether oxygens (including phenoxy) is 1. The molecule has 4 nitrogen and oxygen atoms in total. The van der Waals surface area contributed by atoms with Gasteiger partial charge in [0.05, 0.1) is 0 Å². The van der Waals surface area contributed by atoms with E-state index >= 15 is 0 Å². The van der Waals surface area contributed by atoms with E-state index in [1.165, 1.54) is 0 Å². The third-order valence-electron chi connectivity index (χ3n) is 3.78. The second-order valence-corrected chi connectivity index (χ2v) is 5.26. The predicted octanol–water partition coefficient (Wildman–Crippen LogP) is 3.14. The Morgan fingerprint density at radius 3 is 2.36 bits per heavy atom. The maximum atomic E-state index is 12.2. The van der Waals surface area contributed by atoms with E-state index in [0.29, 0.717) is 5.56 Å². The van der Waals surface area contributed by atoms with E-state index in [0.717, 1.165) is 17.2 Å². The Labute approximate surface area is 127 Å². The van der Waals surface area contributed by atoms with Crippen LogP contribution < -0.4 is 0 Å². The molecule has 1 heterocycles. The van der Waals surface area contributed by atoms with Crippen molar-refractivity contribution in [1.29, 1.82) is 0 Å². The number of ketones is 1. The zero-order valence-electron chi connectivity index (χ0n) is 11.9. The molecule has 4 heteroatoms. The maximum Gasteiger partial charge on any atom is 0.371 e. The molecule has 1 aliphatic heterocycles. The van der Waals surface area contributed by atoms with Gasteiger partial charge in [0.1, 0.15) is 0 Å². The van der Waals surface area contributed by atoms with Crippen LogP contribution in [0, 0.1) is 0 Å². The van der Waals surface area contributed by atoms with E-state index in [1.54, 1.807) is 13.0 Å². The smallest absolute Gasteiger partial charge is 0.371 e. The van der Waals surface area contributed by atoms with E-state index < -0.39 is 11.6 Å². The Bertz CT molecular complexity index is 777. The molecule has 2 aromatic carbocycles. The van der Waals surface area contributed by atoms with Crippen LogP contribution in [0.15, 0.2) is 66.4 Å². The monoisotopic (exact) mass is 294 g/mol. The molecular weight excluding hydrogens is 280 g/mol. The average Bonchev–Trinajstić information content (AvgIpc) is 2.85. The summed E-state index contributed by atoms with van der Waals surface area (Å²) in [6, 6.07) is 17.1. The van der Waals surface area contributed by atoms with Crippen LogP contribution in [0.4, 0.5) is 0 Å². The molecule has 0 radical (unpaired) electrons. The van der Waals surface area contributed by atoms with E-state index in [1.807, 2.05) is 48.5 Å². The van der Waals surface area contributed by atoms with E-state index in [-0.39, 0.29) is 11.5 Å². The van der Waals surface area contributed by atoms with Gasteiger partial charge in [-0.25, -0.2) is 4.79 Å². The van der Waals surface area contributed by atoms with Gasteiger partial charge in [0, 0.05) is 11.6 Å². The molecule has 0 aliphatic carbocycles. The molecule has 110 valence electrons. The fourth-order valence-electron chi connectivity index (χ4n) is 2.49. The van der Waals surface area contributed by atoms with Crippen molar-refractivity contribution in [3.63, 3.8) is 0 Å². The highest BCUT2D eigenvalue weighted by Crippen LogP contribution is 2.36. The molecule has 1 aliphatic rings. The lowest BCUT2D eigenvalue weighted by Crippen LogP contribution is -2.30. The highest BCUT2D eigenvalue weighted by Gasteiger charge is 2.43. The van der Waals surface area contributed by atoms with Crippen molar-refractivity contribution in [2.45, 2.75) is 12.5 Å². The third-order valence-corrected chi connectivity index (χ3v) is 3.78. The van der Waals surface area contributed by atoms with Crippen molar-refractivity contribution in [3.8, 4) is 11.1 Å². The average molecular weight is 294 g/mol. The Morgan fingerprint density at radius 1 is 1.05 bits per heavy atom. The van der Waals surface area contributed by atoms with Gasteiger partial charge in [-0.1, -0.05) is 48.5 Å². The zero-order valence-corrected chi connectivity index (χ0v) is 11.9. The highest BCUT2D eigenvalue weighted by molar-refractivity contribution is 6.05. The number of carbonyl (C=O) groups excluding carboxylic acids is 1. The van der Waals surface area contributed by atoms with Gasteiger partial charge in [0.15, 0.2) is 5.60 Å². The number of benzene rings is 2.